The Kier molecular flexibility index (Phi) is 2.86. The molecule has 19 heavy (non-hydrogen) atoms. The summed E-state index contributed by atoms with van der Waals surface area (Å²) in [6.07, 6.45) is 0.0517. The van der Waals surface area contributed by atoms with Gasteiger partial charge in [0.2, 0.25) is 0 Å². The van der Waals surface area contributed by atoms with Crippen molar-refractivity contribution in [3.05, 3.63) is 23.8 Å². The molecule has 0 aliphatic carbocycles. The van der Waals surface area contributed by atoms with Crippen LogP contribution in [-0.4, -0.2) is 25.3 Å². The monoisotopic (exact) mass is 290 g/mol. The van der Waals surface area contributed by atoms with Gasteiger partial charge in [-0.2, -0.15) is 13.2 Å². The zero-order chi connectivity index (χ0) is 13.7. The Bertz CT molecular complexity index is 508. The van der Waals surface area contributed by atoms with Crippen LogP contribution in [0.15, 0.2) is 18.2 Å². The van der Waals surface area contributed by atoms with E-state index in [4.69, 9.17) is 4.74 Å². The molecule has 0 amide bonds. The number of halogens is 3. The Labute approximate surface area is 112 Å². The summed E-state index contributed by atoms with van der Waals surface area (Å²) in [7, 11) is 1.51. The molecular weight excluding hydrogens is 277 g/mol. The summed E-state index contributed by atoms with van der Waals surface area (Å²) in [4.78, 5) is 0. The van der Waals surface area contributed by atoms with Crippen LogP contribution in [0.4, 0.5) is 18.9 Å². The molecule has 0 spiro atoms. The Hall–Kier alpha value is -1.08. The van der Waals surface area contributed by atoms with E-state index in [1.807, 2.05) is 0 Å². The number of rotatable bonds is 2. The van der Waals surface area contributed by atoms with Gasteiger partial charge in [-0.3, -0.25) is 5.32 Å². The first-order valence-electron chi connectivity index (χ1n) is 5.90. The molecule has 0 aromatic heterocycles. The summed E-state index contributed by atoms with van der Waals surface area (Å²) >= 11 is 0.0637. The number of hydrogen-bond donors (Lipinski definition) is 2. The van der Waals surface area contributed by atoms with Crippen LogP contribution in [0.1, 0.15) is 12.0 Å². The number of hydrogen-bond acceptors (Lipinski definition) is 4. The van der Waals surface area contributed by atoms with Crippen LogP contribution < -0.4 is 15.4 Å². The Morgan fingerprint density at radius 1 is 1.42 bits per heavy atom. The second-order valence-electron chi connectivity index (χ2n) is 4.63. The lowest BCUT2D eigenvalue weighted by molar-refractivity contribution is -0.0344. The van der Waals surface area contributed by atoms with Crippen LogP contribution in [0.2, 0.25) is 0 Å². The van der Waals surface area contributed by atoms with E-state index in [0.29, 0.717) is 24.3 Å². The fourth-order valence-corrected chi connectivity index (χ4v) is 3.98. The summed E-state index contributed by atoms with van der Waals surface area (Å²) < 4.78 is 42.8. The van der Waals surface area contributed by atoms with Gasteiger partial charge >= 0.3 is 5.51 Å². The number of benzene rings is 1. The average molecular weight is 290 g/mol. The van der Waals surface area contributed by atoms with Crippen molar-refractivity contribution in [1.29, 1.82) is 0 Å². The minimum absolute atomic E-state index is 0.0637. The van der Waals surface area contributed by atoms with Crippen molar-refractivity contribution < 1.29 is 17.9 Å². The van der Waals surface area contributed by atoms with Crippen LogP contribution in [0.25, 0.3) is 0 Å². The van der Waals surface area contributed by atoms with Crippen LogP contribution in [0, 0.1) is 0 Å². The van der Waals surface area contributed by atoms with Crippen LogP contribution in [0.3, 0.4) is 0 Å². The lowest BCUT2D eigenvalue weighted by Gasteiger charge is -2.29. The number of anilines is 1. The molecule has 7 heteroatoms. The van der Waals surface area contributed by atoms with E-state index >= 15 is 0 Å². The zero-order valence-corrected chi connectivity index (χ0v) is 11.0. The highest BCUT2D eigenvalue weighted by Gasteiger charge is 2.56. The maximum Gasteiger partial charge on any atom is 0.442 e. The van der Waals surface area contributed by atoms with E-state index in [1.165, 1.54) is 7.11 Å². The van der Waals surface area contributed by atoms with E-state index in [2.05, 4.69) is 10.6 Å². The summed E-state index contributed by atoms with van der Waals surface area (Å²) in [5.74, 6) is 0.579. The van der Waals surface area contributed by atoms with Gasteiger partial charge in [0.1, 0.15) is 5.75 Å². The lowest BCUT2D eigenvalue weighted by atomic mass is 9.97. The third kappa shape index (κ3) is 2.04. The SMILES string of the molecule is COc1ccc2c(c1)[C@]1(SC(F)(F)F)CCN[C@@H]1N2. The van der Waals surface area contributed by atoms with Gasteiger partial charge in [0.05, 0.1) is 18.0 Å². The number of nitrogens with one attached hydrogen (secondary N) is 2. The molecule has 104 valence electrons. The second-order valence-corrected chi connectivity index (χ2v) is 6.03. The number of methoxy groups -OCH3 is 1. The topological polar surface area (TPSA) is 33.3 Å². The molecule has 2 N–H and O–H groups in total. The average Bonchev–Trinajstić information content (AvgIpc) is 2.82. The second kappa shape index (κ2) is 4.21. The van der Waals surface area contributed by atoms with Crippen LogP contribution in [0.5, 0.6) is 5.75 Å². The lowest BCUT2D eigenvalue weighted by Crippen LogP contribution is -2.39. The maximum atomic E-state index is 12.9. The molecule has 0 radical (unpaired) electrons. The molecule has 1 saturated heterocycles. The Balaban J connectivity index is 2.07. The highest BCUT2D eigenvalue weighted by molar-refractivity contribution is 8.01. The van der Waals surface area contributed by atoms with Gasteiger partial charge < -0.3 is 10.1 Å². The van der Waals surface area contributed by atoms with Crippen molar-refractivity contribution in [2.75, 3.05) is 19.0 Å². The summed E-state index contributed by atoms with van der Waals surface area (Å²) in [6.45, 7) is 0.567. The molecular formula is C12H13F3N2OS. The van der Waals surface area contributed by atoms with Gasteiger partial charge in [-0.1, -0.05) is 0 Å². The molecule has 2 atom stereocenters. The van der Waals surface area contributed by atoms with Gasteiger partial charge in [0.15, 0.2) is 0 Å². The predicted molar refractivity (Wildman–Crippen MR) is 68.3 cm³/mol. The van der Waals surface area contributed by atoms with Crippen molar-refractivity contribution >= 4 is 17.4 Å². The number of alkyl halides is 3. The molecule has 0 bridgehead atoms. The summed E-state index contributed by atoms with van der Waals surface area (Å²) in [6, 6.07) is 5.22. The normalized spacial score (nSPS) is 28.7. The first kappa shape index (κ1) is 12.9. The molecule has 0 unspecified atom stereocenters. The van der Waals surface area contributed by atoms with E-state index < -0.39 is 10.3 Å². The fourth-order valence-electron chi connectivity index (χ4n) is 2.82. The number of fused-ring (bicyclic) bond motifs is 3. The van der Waals surface area contributed by atoms with Crippen molar-refractivity contribution in [2.45, 2.75) is 22.8 Å². The molecule has 2 aliphatic rings. The summed E-state index contributed by atoms with van der Waals surface area (Å²) in [5, 5.41) is 6.22. The van der Waals surface area contributed by atoms with Gasteiger partial charge in [-0.15, -0.1) is 0 Å². The highest BCUT2D eigenvalue weighted by atomic mass is 32.2. The third-order valence-electron chi connectivity index (χ3n) is 3.59. The molecule has 0 saturated carbocycles. The van der Waals surface area contributed by atoms with Gasteiger partial charge in [-0.05, 0) is 48.5 Å². The van der Waals surface area contributed by atoms with E-state index in [9.17, 15) is 13.2 Å². The molecule has 1 aromatic carbocycles. The third-order valence-corrected chi connectivity index (χ3v) is 4.85. The molecule has 2 aliphatic heterocycles. The molecule has 3 nitrogen and oxygen atoms in total. The van der Waals surface area contributed by atoms with E-state index in [0.717, 1.165) is 5.69 Å². The number of ether oxygens (including phenoxy) is 1. The summed E-state index contributed by atoms with van der Waals surface area (Å²) in [5.41, 5.74) is -2.85. The molecule has 1 aromatic rings. The van der Waals surface area contributed by atoms with Gasteiger partial charge in [0, 0.05) is 5.69 Å². The van der Waals surface area contributed by atoms with Crippen molar-refractivity contribution in [3.8, 4) is 5.75 Å². The highest BCUT2D eigenvalue weighted by Crippen LogP contribution is 2.58. The Morgan fingerprint density at radius 3 is 2.89 bits per heavy atom. The smallest absolute Gasteiger partial charge is 0.442 e. The van der Waals surface area contributed by atoms with E-state index in [-0.39, 0.29) is 17.9 Å². The number of thioether (sulfide) groups is 1. The standard InChI is InChI=1S/C12H13F3N2OS/c1-18-7-2-3-9-8(6-7)11(19-12(13,14)15)4-5-16-10(11)17-9/h2-3,6,10,16-17H,4-5H2,1H3/t10-,11-/m1/s1. The largest absolute Gasteiger partial charge is 0.497 e. The van der Waals surface area contributed by atoms with E-state index in [1.54, 1.807) is 18.2 Å². The van der Waals surface area contributed by atoms with Crippen molar-refractivity contribution in [2.24, 2.45) is 0 Å². The maximum absolute atomic E-state index is 12.9. The van der Waals surface area contributed by atoms with Crippen molar-refractivity contribution in [3.63, 3.8) is 0 Å². The van der Waals surface area contributed by atoms with Crippen LogP contribution in [-0.2, 0) is 4.75 Å². The zero-order valence-electron chi connectivity index (χ0n) is 10.2. The molecule has 1 fully saturated rings. The molecule has 3 rings (SSSR count). The molecule has 2 heterocycles. The fraction of sp³-hybridized carbons (Fsp3) is 0.500. The first-order chi connectivity index (χ1) is 8.94. The van der Waals surface area contributed by atoms with Gasteiger partial charge in [-0.25, -0.2) is 0 Å². The Morgan fingerprint density at radius 2 is 2.21 bits per heavy atom. The van der Waals surface area contributed by atoms with Gasteiger partial charge in [0.25, 0.3) is 0 Å². The predicted octanol–water partition coefficient (Wildman–Crippen LogP) is 2.89. The minimum atomic E-state index is -4.27. The van der Waals surface area contributed by atoms with Crippen LogP contribution >= 0.6 is 11.8 Å². The quantitative estimate of drug-likeness (QED) is 0.877. The van der Waals surface area contributed by atoms with Crippen molar-refractivity contribution in [1.82, 2.24) is 5.32 Å². The minimum Gasteiger partial charge on any atom is -0.497 e. The first-order valence-corrected chi connectivity index (χ1v) is 6.72.